The van der Waals surface area contributed by atoms with Crippen molar-refractivity contribution in [3.05, 3.63) is 46.5 Å². The van der Waals surface area contributed by atoms with Crippen molar-refractivity contribution in [3.63, 3.8) is 0 Å². The van der Waals surface area contributed by atoms with Crippen LogP contribution < -0.4 is 15.5 Å². The van der Waals surface area contributed by atoms with Crippen LogP contribution in [-0.4, -0.2) is 30.0 Å². The van der Waals surface area contributed by atoms with Gasteiger partial charge in [-0.05, 0) is 24.1 Å². The number of halogens is 3. The van der Waals surface area contributed by atoms with Crippen LogP contribution in [0, 0.1) is 0 Å². The zero-order valence-corrected chi connectivity index (χ0v) is 15.0. The summed E-state index contributed by atoms with van der Waals surface area (Å²) >= 11 is 1.29. The van der Waals surface area contributed by atoms with Crippen molar-refractivity contribution < 1.29 is 22.8 Å². The monoisotopic (exact) mass is 398 g/mol. The molecule has 1 aromatic carbocycles. The molecule has 1 saturated heterocycles. The van der Waals surface area contributed by atoms with Crippen LogP contribution in [0.3, 0.4) is 0 Å². The SMILES string of the molecule is O=C(Cc1csc(N2CCCNC2=O)n1)NCc1ccc(C(F)(F)F)cc1. The average Bonchev–Trinajstić information content (AvgIpc) is 3.08. The molecule has 6 nitrogen and oxygen atoms in total. The Morgan fingerprint density at radius 2 is 2.04 bits per heavy atom. The van der Waals surface area contributed by atoms with E-state index in [1.54, 1.807) is 5.38 Å². The fraction of sp³-hybridized carbons (Fsp3) is 0.353. The Bertz CT molecular complexity index is 820. The van der Waals surface area contributed by atoms with Crippen molar-refractivity contribution in [1.82, 2.24) is 15.6 Å². The van der Waals surface area contributed by atoms with Gasteiger partial charge in [-0.15, -0.1) is 11.3 Å². The van der Waals surface area contributed by atoms with Gasteiger partial charge < -0.3 is 10.6 Å². The van der Waals surface area contributed by atoms with Crippen LogP contribution in [0.15, 0.2) is 29.6 Å². The number of urea groups is 1. The molecule has 27 heavy (non-hydrogen) atoms. The third kappa shape index (κ3) is 4.97. The van der Waals surface area contributed by atoms with E-state index in [-0.39, 0.29) is 24.9 Å². The molecule has 2 N–H and O–H groups in total. The van der Waals surface area contributed by atoms with Crippen LogP contribution in [0.4, 0.5) is 23.1 Å². The molecule has 3 rings (SSSR count). The number of anilines is 1. The number of nitrogens with zero attached hydrogens (tertiary/aromatic N) is 2. The van der Waals surface area contributed by atoms with Crippen molar-refractivity contribution in [3.8, 4) is 0 Å². The Hall–Kier alpha value is -2.62. The number of amides is 3. The molecule has 3 amide bonds. The van der Waals surface area contributed by atoms with E-state index in [0.717, 1.165) is 18.6 Å². The molecule has 10 heteroatoms. The summed E-state index contributed by atoms with van der Waals surface area (Å²) in [5, 5.41) is 7.65. The van der Waals surface area contributed by atoms with Gasteiger partial charge in [0.25, 0.3) is 0 Å². The van der Waals surface area contributed by atoms with Gasteiger partial charge in [-0.2, -0.15) is 13.2 Å². The summed E-state index contributed by atoms with van der Waals surface area (Å²) in [5.74, 6) is -0.296. The number of carbonyl (C=O) groups excluding carboxylic acids is 2. The van der Waals surface area contributed by atoms with Gasteiger partial charge in [0.2, 0.25) is 5.91 Å². The van der Waals surface area contributed by atoms with Gasteiger partial charge in [0.15, 0.2) is 5.13 Å². The van der Waals surface area contributed by atoms with E-state index in [2.05, 4.69) is 15.6 Å². The first-order valence-corrected chi connectivity index (χ1v) is 9.13. The zero-order valence-electron chi connectivity index (χ0n) is 14.2. The Balaban J connectivity index is 1.52. The van der Waals surface area contributed by atoms with Gasteiger partial charge in [-0.3, -0.25) is 9.69 Å². The maximum absolute atomic E-state index is 12.5. The lowest BCUT2D eigenvalue weighted by atomic mass is 10.1. The highest BCUT2D eigenvalue weighted by Gasteiger charge is 2.29. The maximum Gasteiger partial charge on any atom is 0.416 e. The Labute approximate surface area is 157 Å². The summed E-state index contributed by atoms with van der Waals surface area (Å²) < 4.78 is 37.6. The Morgan fingerprint density at radius 1 is 1.30 bits per heavy atom. The third-order valence-electron chi connectivity index (χ3n) is 3.96. The molecule has 1 fully saturated rings. The van der Waals surface area contributed by atoms with E-state index in [4.69, 9.17) is 0 Å². The topological polar surface area (TPSA) is 74.3 Å². The summed E-state index contributed by atoms with van der Waals surface area (Å²) in [5.41, 5.74) is 0.382. The van der Waals surface area contributed by atoms with Crippen molar-refractivity contribution in [2.75, 3.05) is 18.0 Å². The lowest BCUT2D eigenvalue weighted by molar-refractivity contribution is -0.137. The molecular formula is C17H17F3N4O2S. The number of thiazole rings is 1. The molecule has 0 bridgehead atoms. The fourth-order valence-electron chi connectivity index (χ4n) is 2.55. The standard InChI is InChI=1S/C17H17F3N4O2S/c18-17(19,20)12-4-2-11(3-5-12)9-22-14(25)8-13-10-27-16(23-13)24-7-1-6-21-15(24)26/h2-5,10H,1,6-9H2,(H,21,26)(H,22,25). The predicted octanol–water partition coefficient (Wildman–Crippen LogP) is 2.94. The minimum absolute atomic E-state index is 0.0343. The third-order valence-corrected chi connectivity index (χ3v) is 4.88. The molecule has 1 aliphatic heterocycles. The Kier molecular flexibility index (Phi) is 5.64. The molecule has 0 aliphatic carbocycles. The van der Waals surface area contributed by atoms with Crippen LogP contribution >= 0.6 is 11.3 Å². The molecule has 1 aromatic heterocycles. The number of alkyl halides is 3. The van der Waals surface area contributed by atoms with Crippen LogP contribution in [0.25, 0.3) is 0 Å². The number of hydrogen-bond acceptors (Lipinski definition) is 4. The number of aromatic nitrogens is 1. The smallest absolute Gasteiger partial charge is 0.352 e. The van der Waals surface area contributed by atoms with Crippen molar-refractivity contribution in [2.24, 2.45) is 0 Å². The molecule has 0 spiro atoms. The van der Waals surface area contributed by atoms with Gasteiger partial charge >= 0.3 is 12.2 Å². The first-order chi connectivity index (χ1) is 12.8. The molecule has 2 heterocycles. The summed E-state index contributed by atoms with van der Waals surface area (Å²) in [6.07, 6.45) is -3.52. The molecule has 2 aromatic rings. The predicted molar refractivity (Wildman–Crippen MR) is 94.5 cm³/mol. The largest absolute Gasteiger partial charge is 0.416 e. The molecule has 0 unspecified atom stereocenters. The lowest BCUT2D eigenvalue weighted by Crippen LogP contribution is -2.46. The van der Waals surface area contributed by atoms with Crippen molar-refractivity contribution in [2.45, 2.75) is 25.6 Å². The minimum Gasteiger partial charge on any atom is -0.352 e. The van der Waals surface area contributed by atoms with E-state index >= 15 is 0 Å². The number of nitrogens with one attached hydrogen (secondary N) is 2. The van der Waals surface area contributed by atoms with Gasteiger partial charge in [-0.25, -0.2) is 9.78 Å². The van der Waals surface area contributed by atoms with Crippen LogP contribution in [0.5, 0.6) is 0 Å². The van der Waals surface area contributed by atoms with Crippen LogP contribution in [0.2, 0.25) is 0 Å². The second-order valence-electron chi connectivity index (χ2n) is 6.01. The molecule has 1 aliphatic rings. The molecule has 0 saturated carbocycles. The maximum atomic E-state index is 12.5. The summed E-state index contributed by atoms with van der Waals surface area (Å²) in [7, 11) is 0. The molecule has 144 valence electrons. The van der Waals surface area contributed by atoms with E-state index in [1.165, 1.54) is 28.4 Å². The molecule has 0 atom stereocenters. The summed E-state index contributed by atoms with van der Waals surface area (Å²) in [4.78, 5) is 29.7. The number of benzene rings is 1. The lowest BCUT2D eigenvalue weighted by Gasteiger charge is -2.24. The highest BCUT2D eigenvalue weighted by atomic mass is 32.1. The van der Waals surface area contributed by atoms with Gasteiger partial charge in [0, 0.05) is 25.0 Å². The van der Waals surface area contributed by atoms with Crippen LogP contribution in [-0.2, 0) is 23.9 Å². The van der Waals surface area contributed by atoms with Gasteiger partial charge in [0.1, 0.15) is 0 Å². The minimum atomic E-state index is -4.38. The van der Waals surface area contributed by atoms with Crippen molar-refractivity contribution in [1.29, 1.82) is 0 Å². The first kappa shape index (κ1) is 19.2. The second kappa shape index (κ2) is 7.95. The average molecular weight is 398 g/mol. The van der Waals surface area contributed by atoms with Crippen LogP contribution in [0.1, 0.15) is 23.2 Å². The molecular weight excluding hydrogens is 381 g/mol. The highest BCUT2D eigenvalue weighted by Crippen LogP contribution is 2.29. The van der Waals surface area contributed by atoms with Gasteiger partial charge in [0.05, 0.1) is 17.7 Å². The van der Waals surface area contributed by atoms with E-state index < -0.39 is 11.7 Å². The van der Waals surface area contributed by atoms with Gasteiger partial charge in [-0.1, -0.05) is 12.1 Å². The van der Waals surface area contributed by atoms with E-state index in [1.807, 2.05) is 0 Å². The highest BCUT2D eigenvalue weighted by molar-refractivity contribution is 7.14. The van der Waals surface area contributed by atoms with E-state index in [0.29, 0.717) is 29.5 Å². The number of hydrogen-bond donors (Lipinski definition) is 2. The first-order valence-electron chi connectivity index (χ1n) is 8.25. The van der Waals surface area contributed by atoms with Crippen molar-refractivity contribution >= 4 is 28.4 Å². The second-order valence-corrected chi connectivity index (χ2v) is 6.84. The fourth-order valence-corrected chi connectivity index (χ4v) is 3.40. The van der Waals surface area contributed by atoms with E-state index in [9.17, 15) is 22.8 Å². The normalized spacial score (nSPS) is 14.8. The number of rotatable bonds is 5. The number of carbonyl (C=O) groups is 2. The molecule has 0 radical (unpaired) electrons. The Morgan fingerprint density at radius 3 is 2.70 bits per heavy atom. The zero-order chi connectivity index (χ0) is 19.4. The quantitative estimate of drug-likeness (QED) is 0.813. The summed E-state index contributed by atoms with van der Waals surface area (Å²) in [6.45, 7) is 1.35. The summed E-state index contributed by atoms with van der Waals surface area (Å²) in [6, 6.07) is 4.43.